The van der Waals surface area contributed by atoms with Crippen molar-refractivity contribution in [3.63, 3.8) is 0 Å². The third kappa shape index (κ3) is 2.59. The molecule has 17 heavy (non-hydrogen) atoms. The van der Waals surface area contributed by atoms with Gasteiger partial charge >= 0.3 is 0 Å². The lowest BCUT2D eigenvalue weighted by Gasteiger charge is -2.29. The normalized spacial score (nSPS) is 28.2. The Morgan fingerprint density at radius 1 is 1.35 bits per heavy atom. The summed E-state index contributed by atoms with van der Waals surface area (Å²) < 4.78 is 12.1. The van der Waals surface area contributed by atoms with Gasteiger partial charge in [0.1, 0.15) is 11.9 Å². The predicted molar refractivity (Wildman–Crippen MR) is 68.7 cm³/mol. The minimum atomic E-state index is -0.627. The Kier molecular flexibility index (Phi) is 3.17. The smallest absolute Gasteiger partial charge is 0.169 e. The van der Waals surface area contributed by atoms with Crippen molar-refractivity contribution >= 4 is 15.9 Å². The lowest BCUT2D eigenvalue weighted by molar-refractivity contribution is -0.0899. The van der Waals surface area contributed by atoms with E-state index in [9.17, 15) is 5.11 Å². The van der Waals surface area contributed by atoms with Crippen LogP contribution in [0.15, 0.2) is 21.2 Å². The zero-order valence-electron chi connectivity index (χ0n) is 10.7. The predicted octanol–water partition coefficient (Wildman–Crippen LogP) is 3.67. The van der Waals surface area contributed by atoms with Crippen LogP contribution >= 0.6 is 15.9 Å². The first-order valence-corrected chi connectivity index (χ1v) is 6.64. The van der Waals surface area contributed by atoms with Crippen molar-refractivity contribution in [2.24, 2.45) is 5.92 Å². The Bertz CT molecular complexity index is 409. The highest BCUT2D eigenvalue weighted by Gasteiger charge is 2.49. The molecule has 0 aromatic carbocycles. The molecule has 1 aliphatic heterocycles. The molecule has 2 unspecified atom stereocenters. The van der Waals surface area contributed by atoms with Gasteiger partial charge in [0.15, 0.2) is 4.67 Å². The van der Waals surface area contributed by atoms with Crippen LogP contribution in [0.1, 0.15) is 46.0 Å². The van der Waals surface area contributed by atoms with E-state index in [0.717, 1.165) is 6.42 Å². The highest BCUT2D eigenvalue weighted by molar-refractivity contribution is 9.10. The minimum Gasteiger partial charge on any atom is -0.452 e. The van der Waals surface area contributed by atoms with Gasteiger partial charge in [0.05, 0.1) is 11.2 Å². The zero-order valence-corrected chi connectivity index (χ0v) is 12.2. The van der Waals surface area contributed by atoms with Crippen molar-refractivity contribution in [3.05, 3.63) is 22.6 Å². The molecule has 2 rings (SSSR count). The molecular formula is C13H19BrO3. The van der Waals surface area contributed by atoms with Crippen molar-refractivity contribution in [2.45, 2.75) is 51.4 Å². The number of rotatable bonds is 2. The third-order valence-electron chi connectivity index (χ3n) is 3.41. The summed E-state index contributed by atoms with van der Waals surface area (Å²) in [5.74, 6) is 0.631. The molecule has 1 fully saturated rings. The van der Waals surface area contributed by atoms with E-state index >= 15 is 0 Å². The Balaban J connectivity index is 2.23. The van der Waals surface area contributed by atoms with Crippen molar-refractivity contribution < 1.29 is 14.3 Å². The largest absolute Gasteiger partial charge is 0.452 e. The number of halogens is 1. The van der Waals surface area contributed by atoms with E-state index < -0.39 is 6.10 Å². The van der Waals surface area contributed by atoms with Crippen LogP contribution in [0.2, 0.25) is 0 Å². The molecule has 1 saturated heterocycles. The number of ether oxygens (including phenoxy) is 1. The Labute approximate surface area is 110 Å². The molecule has 1 aromatic heterocycles. The Morgan fingerprint density at radius 2 is 2.00 bits per heavy atom. The number of furan rings is 1. The van der Waals surface area contributed by atoms with Gasteiger partial charge in [0, 0.05) is 5.92 Å². The maximum Gasteiger partial charge on any atom is 0.169 e. The van der Waals surface area contributed by atoms with Crippen LogP contribution in [0.4, 0.5) is 0 Å². The zero-order chi connectivity index (χ0) is 12.8. The maximum absolute atomic E-state index is 10.4. The summed E-state index contributed by atoms with van der Waals surface area (Å²) in [6, 6.07) is 3.60. The molecule has 0 spiro atoms. The van der Waals surface area contributed by atoms with Crippen molar-refractivity contribution in [2.75, 3.05) is 0 Å². The number of aliphatic hydroxyl groups is 1. The first-order chi connectivity index (χ1) is 7.71. The van der Waals surface area contributed by atoms with Crippen LogP contribution in [-0.4, -0.2) is 16.3 Å². The van der Waals surface area contributed by atoms with Crippen LogP contribution in [0.25, 0.3) is 0 Å². The Hall–Kier alpha value is -0.320. The van der Waals surface area contributed by atoms with Gasteiger partial charge in [0.25, 0.3) is 0 Å². The standard InChI is InChI=1S/C13H19BrO3/c1-12(2)7-8(13(3,4)17-12)11(15)9-5-6-10(14)16-9/h5-6,8,11,15H,7H2,1-4H3. The van der Waals surface area contributed by atoms with Crippen LogP contribution < -0.4 is 0 Å². The molecule has 0 saturated carbocycles. The third-order valence-corrected chi connectivity index (χ3v) is 3.84. The van der Waals surface area contributed by atoms with Gasteiger partial charge in [-0.3, -0.25) is 0 Å². The number of hydrogen-bond donors (Lipinski definition) is 1. The van der Waals surface area contributed by atoms with Gasteiger partial charge in [-0.2, -0.15) is 0 Å². The van der Waals surface area contributed by atoms with Gasteiger partial charge in [0.2, 0.25) is 0 Å². The fraction of sp³-hybridized carbons (Fsp3) is 0.692. The molecule has 0 radical (unpaired) electrons. The van der Waals surface area contributed by atoms with Gasteiger partial charge in [-0.25, -0.2) is 0 Å². The second-order valence-corrected chi connectivity index (χ2v) is 6.64. The first kappa shape index (κ1) is 13.1. The molecular weight excluding hydrogens is 284 g/mol. The molecule has 0 bridgehead atoms. The lowest BCUT2D eigenvalue weighted by atomic mass is 9.82. The van der Waals surface area contributed by atoms with Crippen LogP contribution in [0, 0.1) is 5.92 Å². The number of hydrogen-bond acceptors (Lipinski definition) is 3. The summed E-state index contributed by atoms with van der Waals surface area (Å²) in [6.45, 7) is 8.15. The van der Waals surface area contributed by atoms with Gasteiger partial charge in [-0.1, -0.05) is 0 Å². The molecule has 1 N–H and O–H groups in total. The van der Waals surface area contributed by atoms with E-state index in [-0.39, 0.29) is 17.1 Å². The summed E-state index contributed by atoms with van der Waals surface area (Å²) in [7, 11) is 0. The van der Waals surface area contributed by atoms with Crippen LogP contribution in [-0.2, 0) is 4.74 Å². The van der Waals surface area contributed by atoms with E-state index in [1.54, 1.807) is 12.1 Å². The molecule has 1 aliphatic rings. The summed E-state index contributed by atoms with van der Waals surface area (Å²) in [5.41, 5.74) is -0.541. The molecule has 2 heterocycles. The highest BCUT2D eigenvalue weighted by atomic mass is 79.9. The molecule has 3 nitrogen and oxygen atoms in total. The van der Waals surface area contributed by atoms with E-state index in [0.29, 0.717) is 10.4 Å². The quantitative estimate of drug-likeness (QED) is 0.906. The van der Waals surface area contributed by atoms with E-state index in [1.165, 1.54) is 0 Å². The lowest BCUT2D eigenvalue weighted by Crippen LogP contribution is -2.32. The fourth-order valence-corrected chi connectivity index (χ4v) is 3.10. The average molecular weight is 303 g/mol. The van der Waals surface area contributed by atoms with Gasteiger partial charge in [-0.05, 0) is 62.2 Å². The first-order valence-electron chi connectivity index (χ1n) is 5.85. The van der Waals surface area contributed by atoms with Crippen molar-refractivity contribution in [1.82, 2.24) is 0 Å². The maximum atomic E-state index is 10.4. The summed E-state index contributed by atoms with van der Waals surface area (Å²) >= 11 is 3.25. The van der Waals surface area contributed by atoms with E-state index in [1.807, 2.05) is 13.8 Å². The molecule has 4 heteroatoms. The van der Waals surface area contributed by atoms with Crippen molar-refractivity contribution in [3.8, 4) is 0 Å². The monoisotopic (exact) mass is 302 g/mol. The second-order valence-electron chi connectivity index (χ2n) is 5.86. The van der Waals surface area contributed by atoms with Gasteiger partial charge in [-0.15, -0.1) is 0 Å². The van der Waals surface area contributed by atoms with E-state index in [2.05, 4.69) is 29.8 Å². The summed E-state index contributed by atoms with van der Waals surface area (Å²) in [6.07, 6.45) is 0.192. The van der Waals surface area contributed by atoms with E-state index in [4.69, 9.17) is 9.15 Å². The van der Waals surface area contributed by atoms with Crippen LogP contribution in [0.3, 0.4) is 0 Å². The fourth-order valence-electron chi connectivity index (χ4n) is 2.78. The molecule has 1 aromatic rings. The second kappa shape index (κ2) is 4.11. The summed E-state index contributed by atoms with van der Waals surface area (Å²) in [5, 5.41) is 10.4. The Morgan fingerprint density at radius 3 is 2.41 bits per heavy atom. The summed E-state index contributed by atoms with van der Waals surface area (Å²) in [4.78, 5) is 0. The highest BCUT2D eigenvalue weighted by Crippen LogP contribution is 2.47. The molecule has 96 valence electrons. The average Bonchev–Trinajstić information content (AvgIpc) is 2.66. The molecule has 0 amide bonds. The van der Waals surface area contributed by atoms with Gasteiger partial charge < -0.3 is 14.3 Å². The molecule has 2 atom stereocenters. The van der Waals surface area contributed by atoms with Crippen molar-refractivity contribution in [1.29, 1.82) is 0 Å². The SMILES string of the molecule is CC1(C)CC(C(O)c2ccc(Br)o2)C(C)(C)O1. The molecule has 0 aliphatic carbocycles. The minimum absolute atomic E-state index is 0.0375. The van der Waals surface area contributed by atoms with Crippen LogP contribution in [0.5, 0.6) is 0 Å². The number of aliphatic hydroxyl groups excluding tert-OH is 1. The topological polar surface area (TPSA) is 42.6 Å².